The van der Waals surface area contributed by atoms with Gasteiger partial charge in [0.05, 0.1) is 11.3 Å². The quantitative estimate of drug-likeness (QED) is 0.782. The topological polar surface area (TPSA) is 17.8 Å². The molecule has 1 aromatic heterocycles. The lowest BCUT2D eigenvalue weighted by Gasteiger charge is -2.07. The van der Waals surface area contributed by atoms with Crippen molar-refractivity contribution < 1.29 is 13.2 Å². The van der Waals surface area contributed by atoms with Crippen molar-refractivity contribution in [3.63, 3.8) is 0 Å². The Kier molecular flexibility index (Phi) is 2.99. The first kappa shape index (κ1) is 12.2. The lowest BCUT2D eigenvalue weighted by molar-refractivity contribution is -0.137. The van der Waals surface area contributed by atoms with Gasteiger partial charge in [-0.05, 0) is 39.7 Å². The molecule has 90 valence electrons. The lowest BCUT2D eigenvalue weighted by Crippen LogP contribution is -2.04. The van der Waals surface area contributed by atoms with Crippen LogP contribution in [0, 0.1) is 0 Å². The predicted octanol–water partition coefficient (Wildman–Crippen LogP) is 3.87. The second kappa shape index (κ2) is 4.18. The van der Waals surface area contributed by atoms with Gasteiger partial charge in [-0.15, -0.1) is 0 Å². The molecule has 0 bridgehead atoms. The van der Waals surface area contributed by atoms with E-state index in [0.29, 0.717) is 10.2 Å². The molecular formula is C11H8BrF3N2. The summed E-state index contributed by atoms with van der Waals surface area (Å²) in [6.45, 7) is 0. The Labute approximate surface area is 104 Å². The van der Waals surface area contributed by atoms with Gasteiger partial charge in [0.1, 0.15) is 4.60 Å². The molecule has 2 aromatic rings. The number of alkyl halides is 3. The highest BCUT2D eigenvalue weighted by molar-refractivity contribution is 9.10. The molecule has 1 aromatic carbocycles. The fourth-order valence-electron chi connectivity index (χ4n) is 1.53. The minimum atomic E-state index is -4.30. The van der Waals surface area contributed by atoms with Crippen molar-refractivity contribution in [2.45, 2.75) is 6.18 Å². The Morgan fingerprint density at radius 3 is 2.18 bits per heavy atom. The molecule has 0 spiro atoms. The number of aryl methyl sites for hydroxylation is 1. The molecule has 0 aliphatic carbocycles. The van der Waals surface area contributed by atoms with E-state index in [0.717, 1.165) is 17.8 Å². The van der Waals surface area contributed by atoms with Crippen LogP contribution in [0.4, 0.5) is 13.2 Å². The zero-order valence-electron chi connectivity index (χ0n) is 8.79. The van der Waals surface area contributed by atoms with Gasteiger partial charge >= 0.3 is 6.18 Å². The maximum absolute atomic E-state index is 12.4. The van der Waals surface area contributed by atoms with Crippen LogP contribution in [-0.2, 0) is 13.2 Å². The van der Waals surface area contributed by atoms with Crippen molar-refractivity contribution >= 4 is 15.9 Å². The monoisotopic (exact) mass is 304 g/mol. The summed E-state index contributed by atoms with van der Waals surface area (Å²) in [6.07, 6.45) is -4.30. The van der Waals surface area contributed by atoms with Crippen LogP contribution in [0.25, 0.3) is 11.3 Å². The molecule has 0 aliphatic rings. The molecule has 1 heterocycles. The number of hydrogen-bond donors (Lipinski definition) is 0. The van der Waals surface area contributed by atoms with E-state index >= 15 is 0 Å². The molecule has 0 aliphatic heterocycles. The van der Waals surface area contributed by atoms with Crippen LogP contribution in [0.3, 0.4) is 0 Å². The molecule has 0 radical (unpaired) electrons. The second-order valence-electron chi connectivity index (χ2n) is 3.55. The third kappa shape index (κ3) is 2.52. The minimum absolute atomic E-state index is 0.648. The number of aromatic nitrogens is 2. The summed E-state index contributed by atoms with van der Waals surface area (Å²) in [6, 6.07) is 6.76. The van der Waals surface area contributed by atoms with Crippen molar-refractivity contribution in [1.82, 2.24) is 9.78 Å². The van der Waals surface area contributed by atoms with Gasteiger partial charge in [0.15, 0.2) is 0 Å². The Morgan fingerprint density at radius 1 is 1.18 bits per heavy atom. The Balaban J connectivity index is 2.39. The van der Waals surface area contributed by atoms with Crippen molar-refractivity contribution in [1.29, 1.82) is 0 Å². The molecule has 0 amide bonds. The van der Waals surface area contributed by atoms with Crippen LogP contribution in [-0.4, -0.2) is 9.78 Å². The molecule has 0 saturated carbocycles. The molecule has 17 heavy (non-hydrogen) atoms. The van der Waals surface area contributed by atoms with E-state index in [2.05, 4.69) is 21.0 Å². The molecule has 0 N–H and O–H groups in total. The summed E-state index contributed by atoms with van der Waals surface area (Å²) in [7, 11) is 1.73. The molecular weight excluding hydrogens is 297 g/mol. The second-order valence-corrected chi connectivity index (χ2v) is 4.36. The summed E-state index contributed by atoms with van der Waals surface area (Å²) in [5, 5.41) is 4.07. The molecule has 0 atom stereocenters. The van der Waals surface area contributed by atoms with Crippen LogP contribution in [0.5, 0.6) is 0 Å². The summed E-state index contributed by atoms with van der Waals surface area (Å²) >= 11 is 3.21. The average Bonchev–Trinajstić information content (AvgIpc) is 2.57. The minimum Gasteiger partial charge on any atom is -0.267 e. The molecule has 0 fully saturated rings. The standard InChI is InChI=1S/C11H8BrF3N2/c1-17-9(6-10(12)16-17)7-2-4-8(5-3-7)11(13,14)15/h2-6H,1H3. The van der Waals surface area contributed by atoms with E-state index in [9.17, 15) is 13.2 Å². The van der Waals surface area contributed by atoms with Crippen molar-refractivity contribution in [3.8, 4) is 11.3 Å². The van der Waals surface area contributed by atoms with Crippen molar-refractivity contribution in [2.24, 2.45) is 7.05 Å². The van der Waals surface area contributed by atoms with Crippen LogP contribution in [0.2, 0.25) is 0 Å². The molecule has 0 unspecified atom stereocenters. The van der Waals surface area contributed by atoms with E-state index in [-0.39, 0.29) is 0 Å². The van der Waals surface area contributed by atoms with Gasteiger partial charge in [0.2, 0.25) is 0 Å². The number of halogens is 4. The zero-order valence-corrected chi connectivity index (χ0v) is 10.4. The van der Waals surface area contributed by atoms with Crippen molar-refractivity contribution in [3.05, 3.63) is 40.5 Å². The first-order chi connectivity index (χ1) is 7.88. The average molecular weight is 305 g/mol. The third-order valence-corrected chi connectivity index (χ3v) is 2.75. The maximum atomic E-state index is 12.4. The third-order valence-electron chi connectivity index (χ3n) is 2.36. The summed E-state index contributed by atoms with van der Waals surface area (Å²) < 4.78 is 39.4. The van der Waals surface area contributed by atoms with Crippen LogP contribution >= 0.6 is 15.9 Å². The zero-order chi connectivity index (χ0) is 12.6. The number of benzene rings is 1. The van der Waals surface area contributed by atoms with E-state index in [1.54, 1.807) is 17.8 Å². The van der Waals surface area contributed by atoms with E-state index in [1.807, 2.05) is 0 Å². The van der Waals surface area contributed by atoms with Gasteiger partial charge in [-0.25, -0.2) is 0 Å². The predicted molar refractivity (Wildman–Crippen MR) is 61.3 cm³/mol. The molecule has 6 heteroatoms. The van der Waals surface area contributed by atoms with E-state index in [1.165, 1.54) is 12.1 Å². The van der Waals surface area contributed by atoms with Crippen LogP contribution in [0.1, 0.15) is 5.56 Å². The Morgan fingerprint density at radius 2 is 1.76 bits per heavy atom. The summed E-state index contributed by atoms with van der Waals surface area (Å²) in [5.74, 6) is 0. The fourth-order valence-corrected chi connectivity index (χ4v) is 1.99. The number of rotatable bonds is 1. The van der Waals surface area contributed by atoms with Gasteiger partial charge < -0.3 is 0 Å². The van der Waals surface area contributed by atoms with E-state index < -0.39 is 11.7 Å². The van der Waals surface area contributed by atoms with E-state index in [4.69, 9.17) is 0 Å². The summed E-state index contributed by atoms with van der Waals surface area (Å²) in [5.41, 5.74) is 0.798. The molecule has 2 rings (SSSR count). The summed E-state index contributed by atoms with van der Waals surface area (Å²) in [4.78, 5) is 0. The van der Waals surface area contributed by atoms with Gasteiger partial charge in [-0.2, -0.15) is 18.3 Å². The van der Waals surface area contributed by atoms with Gasteiger partial charge in [0.25, 0.3) is 0 Å². The maximum Gasteiger partial charge on any atom is 0.416 e. The SMILES string of the molecule is Cn1nc(Br)cc1-c1ccc(C(F)(F)F)cc1. The fraction of sp³-hybridized carbons (Fsp3) is 0.182. The van der Waals surface area contributed by atoms with Crippen LogP contribution < -0.4 is 0 Å². The normalized spacial score (nSPS) is 11.8. The highest BCUT2D eigenvalue weighted by atomic mass is 79.9. The highest BCUT2D eigenvalue weighted by Gasteiger charge is 2.30. The van der Waals surface area contributed by atoms with Gasteiger partial charge in [0, 0.05) is 7.05 Å². The van der Waals surface area contributed by atoms with Gasteiger partial charge in [-0.3, -0.25) is 4.68 Å². The largest absolute Gasteiger partial charge is 0.416 e. The number of hydrogen-bond acceptors (Lipinski definition) is 1. The highest BCUT2D eigenvalue weighted by Crippen LogP contribution is 2.31. The molecule has 2 nitrogen and oxygen atoms in total. The van der Waals surface area contributed by atoms with Gasteiger partial charge in [-0.1, -0.05) is 12.1 Å². The van der Waals surface area contributed by atoms with Crippen LogP contribution in [0.15, 0.2) is 34.9 Å². The molecule has 0 saturated heterocycles. The number of nitrogens with zero attached hydrogens (tertiary/aromatic N) is 2. The smallest absolute Gasteiger partial charge is 0.267 e. The first-order valence-corrected chi connectivity index (χ1v) is 5.54. The van der Waals surface area contributed by atoms with Crippen molar-refractivity contribution in [2.75, 3.05) is 0 Å². The Bertz CT molecular complexity index is 529. The lowest BCUT2D eigenvalue weighted by atomic mass is 10.1. The first-order valence-electron chi connectivity index (χ1n) is 4.75. The Hall–Kier alpha value is -1.30.